The molecule has 0 aromatic heterocycles. The molecule has 0 bridgehead atoms. The van der Waals surface area contributed by atoms with Crippen molar-refractivity contribution in [1.29, 1.82) is 0 Å². The molecule has 0 spiro atoms. The van der Waals surface area contributed by atoms with Gasteiger partial charge >= 0.3 is 5.97 Å². The predicted molar refractivity (Wildman–Crippen MR) is 45.7 cm³/mol. The highest BCUT2D eigenvalue weighted by atomic mass is 19.1. The molecule has 4 heteroatoms. The molecule has 1 atom stereocenters. The van der Waals surface area contributed by atoms with E-state index in [4.69, 9.17) is 10.8 Å². The average Bonchev–Trinajstić information content (AvgIpc) is 2.03. The van der Waals surface area contributed by atoms with Crippen molar-refractivity contribution >= 4 is 5.97 Å². The Morgan fingerprint density at radius 1 is 1.62 bits per heavy atom. The smallest absolute Gasteiger partial charge is 0.325 e. The van der Waals surface area contributed by atoms with Gasteiger partial charge < -0.3 is 10.8 Å². The van der Waals surface area contributed by atoms with Crippen LogP contribution in [0.2, 0.25) is 0 Å². The first-order valence-electron chi connectivity index (χ1n) is 3.77. The van der Waals surface area contributed by atoms with Gasteiger partial charge in [-0.05, 0) is 18.6 Å². The molecule has 1 rings (SSSR count). The molecule has 0 radical (unpaired) electrons. The summed E-state index contributed by atoms with van der Waals surface area (Å²) in [5.74, 6) is -1.80. The second-order valence-corrected chi connectivity index (χ2v) is 2.79. The van der Waals surface area contributed by atoms with Crippen molar-refractivity contribution < 1.29 is 14.3 Å². The van der Waals surface area contributed by atoms with E-state index in [0.29, 0.717) is 5.56 Å². The maximum Gasteiger partial charge on any atom is 0.325 e. The summed E-state index contributed by atoms with van der Waals surface area (Å²) in [6, 6.07) is 3.05. The molecule has 1 aromatic carbocycles. The maximum atomic E-state index is 13.1. The molecule has 3 N–H and O–H groups in total. The molecule has 3 nitrogen and oxygen atoms in total. The van der Waals surface area contributed by atoms with Gasteiger partial charge in [0.2, 0.25) is 0 Å². The zero-order chi connectivity index (χ0) is 10.0. The average molecular weight is 183 g/mol. The van der Waals surface area contributed by atoms with Crippen molar-refractivity contribution in [3.63, 3.8) is 0 Å². The summed E-state index contributed by atoms with van der Waals surface area (Å²) in [6.07, 6.45) is 0. The molecule has 0 heterocycles. The van der Waals surface area contributed by atoms with E-state index in [-0.39, 0.29) is 5.56 Å². The number of aliphatic carboxylic acids is 1. The van der Waals surface area contributed by atoms with Crippen LogP contribution in [0, 0.1) is 12.7 Å². The highest BCUT2D eigenvalue weighted by Gasteiger charge is 2.19. The molecule has 70 valence electrons. The lowest BCUT2D eigenvalue weighted by atomic mass is 10.0. The van der Waals surface area contributed by atoms with Crippen molar-refractivity contribution in [2.45, 2.75) is 13.0 Å². The van der Waals surface area contributed by atoms with Gasteiger partial charge in [-0.2, -0.15) is 0 Å². The fourth-order valence-corrected chi connectivity index (χ4v) is 1.16. The van der Waals surface area contributed by atoms with Crippen molar-refractivity contribution in [1.82, 2.24) is 0 Å². The number of carboxylic acid groups (broad SMARTS) is 1. The number of carboxylic acids is 1. The number of rotatable bonds is 2. The molecular weight excluding hydrogens is 173 g/mol. The van der Waals surface area contributed by atoms with Gasteiger partial charge in [-0.15, -0.1) is 0 Å². The summed E-state index contributed by atoms with van der Waals surface area (Å²) in [7, 11) is 0. The highest BCUT2D eigenvalue weighted by molar-refractivity contribution is 5.75. The third-order valence-corrected chi connectivity index (χ3v) is 1.85. The summed E-state index contributed by atoms with van der Waals surface area (Å²) < 4.78 is 13.1. The number of hydrogen-bond donors (Lipinski definition) is 2. The van der Waals surface area contributed by atoms with Gasteiger partial charge in [0.05, 0.1) is 0 Å². The Kier molecular flexibility index (Phi) is 2.63. The van der Waals surface area contributed by atoms with E-state index in [1.54, 1.807) is 13.0 Å². The van der Waals surface area contributed by atoms with E-state index < -0.39 is 17.8 Å². The molecule has 0 aliphatic rings. The minimum atomic E-state index is -1.29. The van der Waals surface area contributed by atoms with Crippen LogP contribution < -0.4 is 5.73 Å². The van der Waals surface area contributed by atoms with Gasteiger partial charge in [0, 0.05) is 5.56 Å². The summed E-state index contributed by atoms with van der Waals surface area (Å²) in [6.45, 7) is 1.63. The zero-order valence-electron chi connectivity index (χ0n) is 7.12. The van der Waals surface area contributed by atoms with E-state index in [2.05, 4.69) is 0 Å². The normalized spacial score (nSPS) is 12.5. The fraction of sp³-hybridized carbons (Fsp3) is 0.222. The monoisotopic (exact) mass is 183 g/mol. The second kappa shape index (κ2) is 3.53. The predicted octanol–water partition coefficient (Wildman–Crippen LogP) is 1.22. The molecule has 0 aliphatic heterocycles. The lowest BCUT2D eigenvalue weighted by Crippen LogP contribution is -2.22. The summed E-state index contributed by atoms with van der Waals surface area (Å²) in [5, 5.41) is 8.59. The first-order valence-corrected chi connectivity index (χ1v) is 3.77. The van der Waals surface area contributed by atoms with Gasteiger partial charge in [-0.25, -0.2) is 4.39 Å². The van der Waals surface area contributed by atoms with E-state index in [9.17, 15) is 9.18 Å². The Morgan fingerprint density at radius 2 is 2.23 bits per heavy atom. The van der Waals surface area contributed by atoms with Crippen LogP contribution >= 0.6 is 0 Å². The molecular formula is C9H10FNO2. The molecule has 0 saturated heterocycles. The quantitative estimate of drug-likeness (QED) is 0.724. The van der Waals surface area contributed by atoms with Crippen LogP contribution in [0.5, 0.6) is 0 Å². The number of halogens is 1. The number of carbonyl (C=O) groups is 1. The maximum absolute atomic E-state index is 13.1. The first-order chi connectivity index (χ1) is 6.04. The van der Waals surface area contributed by atoms with Crippen LogP contribution in [-0.2, 0) is 4.79 Å². The topological polar surface area (TPSA) is 63.3 Å². The Labute approximate surface area is 75.0 Å². The third-order valence-electron chi connectivity index (χ3n) is 1.85. The zero-order valence-corrected chi connectivity index (χ0v) is 7.12. The third kappa shape index (κ3) is 1.84. The first kappa shape index (κ1) is 9.67. The Morgan fingerprint density at radius 3 is 2.69 bits per heavy atom. The molecule has 0 fully saturated rings. The SMILES string of the molecule is Cc1cccc(F)c1[C@H](N)C(=O)O. The largest absolute Gasteiger partial charge is 0.480 e. The van der Waals surface area contributed by atoms with Gasteiger partial charge in [0.15, 0.2) is 0 Å². The fourth-order valence-electron chi connectivity index (χ4n) is 1.16. The highest BCUT2D eigenvalue weighted by Crippen LogP contribution is 2.19. The number of benzene rings is 1. The molecule has 0 saturated carbocycles. The van der Waals surface area contributed by atoms with Gasteiger partial charge in [0.25, 0.3) is 0 Å². The van der Waals surface area contributed by atoms with Crippen LogP contribution in [0.1, 0.15) is 17.2 Å². The second-order valence-electron chi connectivity index (χ2n) is 2.79. The van der Waals surface area contributed by atoms with Crippen LogP contribution in [0.3, 0.4) is 0 Å². The van der Waals surface area contributed by atoms with Crippen LogP contribution in [0.25, 0.3) is 0 Å². The number of hydrogen-bond acceptors (Lipinski definition) is 2. The standard InChI is InChI=1S/C9H10FNO2/c1-5-3-2-4-6(10)7(5)8(11)9(12)13/h2-4,8H,11H2,1H3,(H,12,13)/t8-/m0/s1. The molecule has 13 heavy (non-hydrogen) atoms. The lowest BCUT2D eigenvalue weighted by Gasteiger charge is -2.10. The number of aryl methyl sites for hydroxylation is 1. The molecule has 0 aliphatic carbocycles. The van der Waals surface area contributed by atoms with Crippen LogP contribution in [0.15, 0.2) is 18.2 Å². The minimum Gasteiger partial charge on any atom is -0.480 e. The lowest BCUT2D eigenvalue weighted by molar-refractivity contribution is -0.138. The van der Waals surface area contributed by atoms with E-state index in [1.165, 1.54) is 12.1 Å². The van der Waals surface area contributed by atoms with E-state index in [1.807, 2.05) is 0 Å². The number of nitrogens with two attached hydrogens (primary N) is 1. The van der Waals surface area contributed by atoms with Crippen molar-refractivity contribution in [3.8, 4) is 0 Å². The van der Waals surface area contributed by atoms with Gasteiger partial charge in [-0.3, -0.25) is 4.79 Å². The molecule has 0 amide bonds. The molecule has 0 unspecified atom stereocenters. The van der Waals surface area contributed by atoms with Crippen LogP contribution in [0.4, 0.5) is 4.39 Å². The summed E-state index contributed by atoms with van der Waals surface area (Å²) in [4.78, 5) is 10.5. The van der Waals surface area contributed by atoms with Gasteiger partial charge in [-0.1, -0.05) is 12.1 Å². The van der Waals surface area contributed by atoms with Crippen LogP contribution in [-0.4, -0.2) is 11.1 Å². The summed E-state index contributed by atoms with van der Waals surface area (Å²) >= 11 is 0. The van der Waals surface area contributed by atoms with Gasteiger partial charge in [0.1, 0.15) is 11.9 Å². The summed E-state index contributed by atoms with van der Waals surface area (Å²) in [5.41, 5.74) is 5.90. The Balaban J connectivity index is 3.20. The molecule has 1 aromatic rings. The Bertz CT molecular complexity index is 318. The minimum absolute atomic E-state index is 0.0509. The van der Waals surface area contributed by atoms with E-state index in [0.717, 1.165) is 0 Å². The Hall–Kier alpha value is -1.42. The van der Waals surface area contributed by atoms with Crippen molar-refractivity contribution in [2.24, 2.45) is 5.73 Å². The van der Waals surface area contributed by atoms with Crippen molar-refractivity contribution in [2.75, 3.05) is 0 Å². The van der Waals surface area contributed by atoms with E-state index >= 15 is 0 Å². The van der Waals surface area contributed by atoms with Crippen molar-refractivity contribution in [3.05, 3.63) is 35.1 Å².